The number of carbonyl (C=O) groups excluding carboxylic acids is 2. The zero-order valence-corrected chi connectivity index (χ0v) is 12.5. The second-order valence-electron chi connectivity index (χ2n) is 4.77. The monoisotopic (exact) mass is 287 g/mol. The number of carbonyl (C=O) groups is 2. The zero-order valence-electron chi connectivity index (χ0n) is 11.8. The van der Waals surface area contributed by atoms with Crippen molar-refractivity contribution in [3.8, 4) is 0 Å². The van der Waals surface area contributed by atoms with Crippen LogP contribution in [0.15, 0.2) is 11.1 Å². The summed E-state index contributed by atoms with van der Waals surface area (Å²) >= 11 is 6.39. The van der Waals surface area contributed by atoms with Crippen molar-refractivity contribution in [3.05, 3.63) is 17.6 Å². The zero-order chi connectivity index (χ0) is 14.6. The Morgan fingerprint density at radius 1 is 1.37 bits per heavy atom. The van der Waals surface area contributed by atoms with Crippen LogP contribution < -0.4 is 0 Å². The van der Waals surface area contributed by atoms with Crippen LogP contribution in [-0.2, 0) is 19.1 Å². The molecule has 0 spiro atoms. The Hall–Kier alpha value is -1.03. The lowest BCUT2D eigenvalue weighted by molar-refractivity contribution is -0.148. The highest BCUT2D eigenvalue weighted by molar-refractivity contribution is 6.26. The molecule has 0 aromatic heterocycles. The quantitative estimate of drug-likeness (QED) is 0.589. The predicted molar refractivity (Wildman–Crippen MR) is 72.6 cm³/mol. The molecule has 1 aliphatic carbocycles. The average Bonchev–Trinajstić information content (AvgIpc) is 2.28. The van der Waals surface area contributed by atoms with Crippen LogP contribution in [0.25, 0.3) is 0 Å². The molecular formula is C14H20ClO4. The van der Waals surface area contributed by atoms with Gasteiger partial charge in [0.1, 0.15) is 0 Å². The molecule has 19 heavy (non-hydrogen) atoms. The van der Waals surface area contributed by atoms with Crippen LogP contribution in [0.3, 0.4) is 0 Å². The second-order valence-corrected chi connectivity index (χ2v) is 5.63. The first-order chi connectivity index (χ1) is 8.83. The molecule has 0 fully saturated rings. The van der Waals surface area contributed by atoms with Crippen LogP contribution in [0.1, 0.15) is 34.1 Å². The minimum absolute atomic E-state index is 0.285. The van der Waals surface area contributed by atoms with Gasteiger partial charge in [0.15, 0.2) is 0 Å². The lowest BCUT2D eigenvalue weighted by Crippen LogP contribution is -2.41. The van der Waals surface area contributed by atoms with Crippen LogP contribution >= 0.6 is 11.6 Å². The Balaban J connectivity index is 2.98. The maximum Gasteiger partial charge on any atom is 0.334 e. The maximum atomic E-state index is 11.9. The molecule has 0 heterocycles. The molecule has 0 amide bonds. The normalized spacial score (nSPS) is 27.1. The molecule has 2 atom stereocenters. The van der Waals surface area contributed by atoms with Crippen LogP contribution in [-0.4, -0.2) is 30.0 Å². The molecule has 0 saturated heterocycles. The van der Waals surface area contributed by atoms with E-state index < -0.39 is 22.7 Å². The van der Waals surface area contributed by atoms with E-state index in [0.29, 0.717) is 18.6 Å². The molecular weight excluding hydrogens is 268 g/mol. The van der Waals surface area contributed by atoms with Crippen molar-refractivity contribution in [2.75, 3.05) is 13.2 Å². The van der Waals surface area contributed by atoms with Gasteiger partial charge in [-0.15, -0.1) is 11.6 Å². The van der Waals surface area contributed by atoms with Gasteiger partial charge in [-0.1, -0.05) is 5.57 Å². The fraction of sp³-hybridized carbons (Fsp3) is 0.643. The SMILES string of the molecule is CCOC(=O)C1=C(C)CC(C)(Cl)C(C(=O)OCC)[CH]1. The van der Waals surface area contributed by atoms with E-state index in [1.807, 2.05) is 6.92 Å². The number of hydrogen-bond donors (Lipinski definition) is 0. The Morgan fingerprint density at radius 2 is 1.95 bits per heavy atom. The molecule has 5 heteroatoms. The van der Waals surface area contributed by atoms with Crippen LogP contribution in [0, 0.1) is 12.3 Å². The van der Waals surface area contributed by atoms with Gasteiger partial charge in [0.2, 0.25) is 0 Å². The number of ether oxygens (including phenoxy) is 2. The topological polar surface area (TPSA) is 52.6 Å². The largest absolute Gasteiger partial charge is 0.466 e. The summed E-state index contributed by atoms with van der Waals surface area (Å²) in [5.74, 6) is -1.46. The predicted octanol–water partition coefficient (Wildman–Crippen LogP) is 2.65. The van der Waals surface area contributed by atoms with Crippen LogP contribution in [0.2, 0.25) is 0 Å². The minimum Gasteiger partial charge on any atom is -0.466 e. The van der Waals surface area contributed by atoms with E-state index in [4.69, 9.17) is 21.1 Å². The van der Waals surface area contributed by atoms with Gasteiger partial charge < -0.3 is 9.47 Å². The van der Waals surface area contributed by atoms with Crippen LogP contribution in [0.4, 0.5) is 0 Å². The summed E-state index contributed by atoms with van der Waals surface area (Å²) in [6, 6.07) is 0. The number of rotatable bonds is 4. The number of halogens is 1. The van der Waals surface area contributed by atoms with E-state index >= 15 is 0 Å². The smallest absolute Gasteiger partial charge is 0.334 e. The number of esters is 2. The molecule has 0 aliphatic heterocycles. The first-order valence-electron chi connectivity index (χ1n) is 6.40. The third-order valence-electron chi connectivity index (χ3n) is 3.09. The Labute approximate surface area is 119 Å². The van der Waals surface area contributed by atoms with Crippen molar-refractivity contribution >= 4 is 23.5 Å². The van der Waals surface area contributed by atoms with E-state index in [2.05, 4.69) is 0 Å². The Morgan fingerprint density at radius 3 is 2.47 bits per heavy atom. The molecule has 1 aliphatic rings. The molecule has 1 radical (unpaired) electrons. The highest BCUT2D eigenvalue weighted by Gasteiger charge is 2.44. The van der Waals surface area contributed by atoms with Gasteiger partial charge in [-0.3, -0.25) is 4.79 Å². The fourth-order valence-corrected chi connectivity index (χ4v) is 2.56. The lowest BCUT2D eigenvalue weighted by Gasteiger charge is -2.35. The van der Waals surface area contributed by atoms with Gasteiger partial charge >= 0.3 is 11.9 Å². The second kappa shape index (κ2) is 6.42. The molecule has 107 valence electrons. The summed E-state index contributed by atoms with van der Waals surface area (Å²) < 4.78 is 10.00. The number of allylic oxidation sites excluding steroid dienone is 1. The summed E-state index contributed by atoms with van der Waals surface area (Å²) in [5.41, 5.74) is 1.26. The van der Waals surface area contributed by atoms with Crippen LogP contribution in [0.5, 0.6) is 0 Å². The molecule has 1 rings (SSSR count). The van der Waals surface area contributed by atoms with Gasteiger partial charge in [-0.25, -0.2) is 4.79 Å². The summed E-state index contributed by atoms with van der Waals surface area (Å²) in [4.78, 5) is 23.0. The highest BCUT2D eigenvalue weighted by atomic mass is 35.5. The van der Waals surface area contributed by atoms with Gasteiger partial charge in [0, 0.05) is 12.0 Å². The summed E-state index contributed by atoms with van der Waals surface area (Å²) in [7, 11) is 0. The number of hydrogen-bond acceptors (Lipinski definition) is 4. The van der Waals surface area contributed by atoms with Crippen molar-refractivity contribution in [1.29, 1.82) is 0 Å². The van der Waals surface area contributed by atoms with E-state index in [1.165, 1.54) is 0 Å². The van der Waals surface area contributed by atoms with E-state index in [0.717, 1.165) is 5.57 Å². The van der Waals surface area contributed by atoms with Gasteiger partial charge in [0.05, 0.1) is 24.0 Å². The lowest BCUT2D eigenvalue weighted by atomic mass is 9.76. The van der Waals surface area contributed by atoms with E-state index in [1.54, 1.807) is 27.2 Å². The van der Waals surface area contributed by atoms with Gasteiger partial charge in [-0.05, 0) is 34.1 Å². The van der Waals surface area contributed by atoms with E-state index in [-0.39, 0.29) is 6.61 Å². The molecule has 0 N–H and O–H groups in total. The summed E-state index contributed by atoms with van der Waals surface area (Å²) in [6.45, 7) is 7.66. The first-order valence-corrected chi connectivity index (χ1v) is 6.78. The minimum atomic E-state index is -0.771. The van der Waals surface area contributed by atoms with Crippen molar-refractivity contribution in [2.45, 2.75) is 39.0 Å². The molecule has 0 saturated carbocycles. The van der Waals surface area contributed by atoms with Gasteiger partial charge in [0.25, 0.3) is 0 Å². The molecule has 0 aromatic carbocycles. The molecule has 4 nitrogen and oxygen atoms in total. The van der Waals surface area contributed by atoms with E-state index in [9.17, 15) is 9.59 Å². The summed E-state index contributed by atoms with van der Waals surface area (Å²) in [6.07, 6.45) is 2.02. The fourth-order valence-electron chi connectivity index (χ4n) is 2.20. The number of alkyl halides is 1. The highest BCUT2D eigenvalue weighted by Crippen LogP contribution is 2.42. The third-order valence-corrected chi connectivity index (χ3v) is 3.46. The Bertz CT molecular complexity index is 398. The molecule has 2 unspecified atom stereocenters. The average molecular weight is 288 g/mol. The molecule has 0 bridgehead atoms. The van der Waals surface area contributed by atoms with Gasteiger partial charge in [-0.2, -0.15) is 0 Å². The maximum absolute atomic E-state index is 11.9. The standard InChI is InChI=1S/C14H20ClO4/c1-5-18-12(16)10-7-11(13(17)19-6-2)14(4,15)8-9(10)3/h7,11H,5-6,8H2,1-4H3. The summed E-state index contributed by atoms with van der Waals surface area (Å²) in [5, 5.41) is 0. The van der Waals surface area contributed by atoms with Crippen molar-refractivity contribution in [2.24, 2.45) is 5.92 Å². The van der Waals surface area contributed by atoms with Crippen molar-refractivity contribution in [1.82, 2.24) is 0 Å². The van der Waals surface area contributed by atoms with Crippen molar-refractivity contribution < 1.29 is 19.1 Å². The first kappa shape index (κ1) is 16.0. The third kappa shape index (κ3) is 3.72. The van der Waals surface area contributed by atoms with Crippen molar-refractivity contribution in [3.63, 3.8) is 0 Å². The Kier molecular flexibility index (Phi) is 5.41. The molecule has 0 aromatic rings.